The lowest BCUT2D eigenvalue weighted by Crippen LogP contribution is -2.57. The van der Waals surface area contributed by atoms with Gasteiger partial charge in [0.1, 0.15) is 12.4 Å². The molecule has 0 bridgehead atoms. The molecule has 0 spiro atoms. The molecule has 0 radical (unpaired) electrons. The van der Waals surface area contributed by atoms with Crippen LogP contribution in [0.15, 0.2) is 46.7 Å². The third-order valence-corrected chi connectivity index (χ3v) is 8.57. The van der Waals surface area contributed by atoms with Crippen molar-refractivity contribution in [3.05, 3.63) is 46.7 Å². The van der Waals surface area contributed by atoms with E-state index in [1.54, 1.807) is 0 Å². The minimum atomic E-state index is -4.04. The molecular formula is C20H25N3O6S2. The average Bonchev–Trinajstić information content (AvgIpc) is 3.29. The lowest BCUT2D eigenvalue weighted by molar-refractivity contribution is -0.132. The number of nitrogens with one attached hydrogen (secondary N) is 3. The van der Waals surface area contributed by atoms with Gasteiger partial charge < -0.3 is 15.4 Å². The van der Waals surface area contributed by atoms with Gasteiger partial charge in [-0.15, -0.1) is 11.3 Å². The highest BCUT2D eigenvalue weighted by molar-refractivity contribution is 7.93. The molecule has 1 aromatic carbocycles. The third kappa shape index (κ3) is 5.24. The van der Waals surface area contributed by atoms with Crippen molar-refractivity contribution >= 4 is 33.0 Å². The molecule has 0 atom stereocenters. The fourth-order valence-corrected chi connectivity index (χ4v) is 6.16. The third-order valence-electron chi connectivity index (χ3n) is 5.18. The number of piperidine rings is 1. The number of ether oxygens (including phenoxy) is 1. The summed E-state index contributed by atoms with van der Waals surface area (Å²) in [5.74, 6) is -0.577. The zero-order valence-corrected chi connectivity index (χ0v) is 18.4. The van der Waals surface area contributed by atoms with Crippen molar-refractivity contribution in [2.75, 3.05) is 26.2 Å². The normalized spacial score (nSPS) is 15.8. The first-order chi connectivity index (χ1) is 14.9. The Morgan fingerprint density at radius 1 is 1.16 bits per heavy atom. The van der Waals surface area contributed by atoms with E-state index in [1.165, 1.54) is 41.1 Å². The largest absolute Gasteiger partial charge is 0.492 e. The summed E-state index contributed by atoms with van der Waals surface area (Å²) in [7, 11) is -4.04. The van der Waals surface area contributed by atoms with Crippen LogP contribution in [0.25, 0.3) is 0 Å². The summed E-state index contributed by atoms with van der Waals surface area (Å²) in [6.07, 6.45) is 0.444. The Morgan fingerprint density at radius 2 is 1.87 bits per heavy atom. The minimum absolute atomic E-state index is 0.0189. The standard InChI is InChI=1S/C20H25N3O6S2/c24-18(14-16-2-1-13-30-16)22-11-12-29-15-3-5-17(6-4-15)31(27,28)20(19(25)23-26)7-9-21-10-8-20/h1-6,13,21,26H,7-12,14H2,(H,22,24)(H,23,25). The van der Waals surface area contributed by atoms with Gasteiger partial charge in [-0.3, -0.25) is 14.8 Å². The highest BCUT2D eigenvalue weighted by Crippen LogP contribution is 2.34. The summed E-state index contributed by atoms with van der Waals surface area (Å²) >= 11 is 1.52. The molecule has 1 fully saturated rings. The Labute approximate surface area is 184 Å². The molecule has 0 aliphatic carbocycles. The highest BCUT2D eigenvalue weighted by atomic mass is 32.2. The number of thiophene rings is 1. The van der Waals surface area contributed by atoms with Crippen molar-refractivity contribution in [1.29, 1.82) is 0 Å². The van der Waals surface area contributed by atoms with E-state index in [0.717, 1.165) is 4.88 Å². The number of amides is 2. The number of sulfone groups is 1. The van der Waals surface area contributed by atoms with E-state index in [1.807, 2.05) is 17.5 Å². The first-order valence-electron chi connectivity index (χ1n) is 9.81. The van der Waals surface area contributed by atoms with Gasteiger partial charge >= 0.3 is 0 Å². The lowest BCUT2D eigenvalue weighted by Gasteiger charge is -2.34. The van der Waals surface area contributed by atoms with E-state index in [0.29, 0.717) is 31.8 Å². The van der Waals surface area contributed by atoms with Crippen molar-refractivity contribution in [2.24, 2.45) is 0 Å². The maximum Gasteiger partial charge on any atom is 0.265 e. The van der Waals surface area contributed by atoms with E-state index < -0.39 is 20.5 Å². The maximum atomic E-state index is 13.2. The van der Waals surface area contributed by atoms with Crippen molar-refractivity contribution in [3.8, 4) is 5.75 Å². The first-order valence-corrected chi connectivity index (χ1v) is 12.2. The molecule has 31 heavy (non-hydrogen) atoms. The molecule has 1 aliphatic heterocycles. The van der Waals surface area contributed by atoms with Gasteiger partial charge in [0, 0.05) is 4.88 Å². The van der Waals surface area contributed by atoms with E-state index in [2.05, 4.69) is 10.6 Å². The second kappa shape index (κ2) is 10.2. The molecule has 1 aliphatic rings. The molecule has 4 N–H and O–H groups in total. The van der Waals surface area contributed by atoms with Gasteiger partial charge in [0.05, 0.1) is 17.9 Å². The molecular weight excluding hydrogens is 442 g/mol. The molecule has 1 saturated heterocycles. The van der Waals surface area contributed by atoms with Gasteiger partial charge in [-0.05, 0) is 61.6 Å². The van der Waals surface area contributed by atoms with Crippen LogP contribution in [-0.4, -0.2) is 56.4 Å². The van der Waals surface area contributed by atoms with Crippen LogP contribution in [0.5, 0.6) is 5.75 Å². The minimum Gasteiger partial charge on any atom is -0.492 e. The molecule has 2 amide bonds. The summed E-state index contributed by atoms with van der Waals surface area (Å²) < 4.78 is 30.2. The number of carbonyl (C=O) groups is 2. The van der Waals surface area contributed by atoms with Crippen LogP contribution in [0.2, 0.25) is 0 Å². The Morgan fingerprint density at radius 3 is 2.48 bits per heavy atom. The molecule has 2 aromatic rings. The van der Waals surface area contributed by atoms with Gasteiger partial charge in [-0.2, -0.15) is 0 Å². The van der Waals surface area contributed by atoms with Gasteiger partial charge in [-0.25, -0.2) is 13.9 Å². The number of carbonyl (C=O) groups excluding carboxylic acids is 2. The maximum absolute atomic E-state index is 13.2. The van der Waals surface area contributed by atoms with Crippen LogP contribution in [0.4, 0.5) is 0 Å². The number of benzene rings is 1. The van der Waals surface area contributed by atoms with Gasteiger partial charge in [0.25, 0.3) is 5.91 Å². The highest BCUT2D eigenvalue weighted by Gasteiger charge is 2.51. The van der Waals surface area contributed by atoms with Gasteiger partial charge in [0.15, 0.2) is 14.6 Å². The smallest absolute Gasteiger partial charge is 0.265 e. The molecule has 9 nitrogen and oxygen atoms in total. The molecule has 1 aromatic heterocycles. The van der Waals surface area contributed by atoms with Crippen molar-refractivity contribution < 1.29 is 28.0 Å². The Bertz CT molecular complexity index is 984. The molecule has 168 valence electrons. The second-order valence-electron chi connectivity index (χ2n) is 7.11. The summed E-state index contributed by atoms with van der Waals surface area (Å²) in [4.78, 5) is 25.1. The molecule has 3 rings (SSSR count). The van der Waals surface area contributed by atoms with Crippen LogP contribution in [-0.2, 0) is 25.8 Å². The van der Waals surface area contributed by atoms with Crippen LogP contribution >= 0.6 is 11.3 Å². The predicted molar refractivity (Wildman–Crippen MR) is 115 cm³/mol. The second-order valence-corrected chi connectivity index (χ2v) is 10.4. The molecule has 0 unspecified atom stereocenters. The van der Waals surface area contributed by atoms with Crippen LogP contribution < -0.4 is 20.9 Å². The van der Waals surface area contributed by atoms with E-state index in [4.69, 9.17) is 9.94 Å². The van der Waals surface area contributed by atoms with Crippen LogP contribution in [0.1, 0.15) is 17.7 Å². The van der Waals surface area contributed by atoms with E-state index in [9.17, 15) is 18.0 Å². The zero-order valence-electron chi connectivity index (χ0n) is 16.8. The summed E-state index contributed by atoms with van der Waals surface area (Å²) in [5, 5.41) is 16.8. The topological polar surface area (TPSA) is 134 Å². The van der Waals surface area contributed by atoms with Crippen molar-refractivity contribution in [1.82, 2.24) is 16.1 Å². The summed E-state index contributed by atoms with van der Waals surface area (Å²) in [6.45, 7) is 1.25. The summed E-state index contributed by atoms with van der Waals surface area (Å²) in [5.41, 5.74) is 1.52. The SMILES string of the molecule is O=C(Cc1cccs1)NCCOc1ccc(S(=O)(=O)C2(C(=O)NO)CCNCC2)cc1. The van der Waals surface area contributed by atoms with Crippen LogP contribution in [0, 0.1) is 0 Å². The fraction of sp³-hybridized carbons (Fsp3) is 0.400. The Kier molecular flexibility index (Phi) is 7.65. The average molecular weight is 468 g/mol. The Balaban J connectivity index is 1.57. The van der Waals surface area contributed by atoms with E-state index >= 15 is 0 Å². The first kappa shape index (κ1) is 23.2. The molecule has 0 saturated carbocycles. The van der Waals surface area contributed by atoms with Crippen LogP contribution in [0.3, 0.4) is 0 Å². The van der Waals surface area contributed by atoms with Gasteiger partial charge in [0.2, 0.25) is 5.91 Å². The fourth-order valence-electron chi connectivity index (χ4n) is 3.48. The van der Waals surface area contributed by atoms with E-state index in [-0.39, 0.29) is 30.3 Å². The quantitative estimate of drug-likeness (QED) is 0.244. The number of hydrogen-bond acceptors (Lipinski definition) is 8. The van der Waals surface area contributed by atoms with Crippen molar-refractivity contribution in [2.45, 2.75) is 28.9 Å². The molecule has 11 heteroatoms. The number of hydroxylamine groups is 1. The number of hydrogen-bond donors (Lipinski definition) is 4. The molecule has 2 heterocycles. The monoisotopic (exact) mass is 467 g/mol. The number of rotatable bonds is 9. The van der Waals surface area contributed by atoms with Gasteiger partial charge in [-0.1, -0.05) is 6.07 Å². The predicted octanol–water partition coefficient (Wildman–Crippen LogP) is 0.887. The zero-order chi connectivity index (χ0) is 22.3. The lowest BCUT2D eigenvalue weighted by atomic mass is 9.96. The Hall–Kier alpha value is -2.47. The summed E-state index contributed by atoms with van der Waals surface area (Å²) in [6, 6.07) is 9.57. The van der Waals surface area contributed by atoms with Crippen molar-refractivity contribution in [3.63, 3.8) is 0 Å².